The first-order chi connectivity index (χ1) is 18.2. The number of nitro benzene ring substituents is 1. The van der Waals surface area contributed by atoms with Crippen molar-refractivity contribution in [1.29, 1.82) is 0 Å². The maximum atomic E-state index is 13.1. The highest BCUT2D eigenvalue weighted by molar-refractivity contribution is 6.33. The number of carbonyl (C=O) groups is 4. The molecule has 11 nitrogen and oxygen atoms in total. The highest BCUT2D eigenvalue weighted by Crippen LogP contribution is 2.27. The molecule has 1 unspecified atom stereocenters. The van der Waals surface area contributed by atoms with E-state index in [1.54, 1.807) is 17.0 Å². The Labute approximate surface area is 221 Å². The number of ketones is 1. The van der Waals surface area contributed by atoms with Crippen LogP contribution in [0.1, 0.15) is 43.8 Å². The molecule has 1 aliphatic heterocycles. The van der Waals surface area contributed by atoms with Gasteiger partial charge in [-0.05, 0) is 37.3 Å². The topological polar surface area (TPSA) is 140 Å². The summed E-state index contributed by atoms with van der Waals surface area (Å²) < 4.78 is 10.5. The Balaban J connectivity index is 1.42. The lowest BCUT2D eigenvalue weighted by atomic mass is 9.98. The van der Waals surface area contributed by atoms with Crippen LogP contribution in [-0.2, 0) is 9.53 Å². The Morgan fingerprint density at radius 2 is 1.63 bits per heavy atom. The molecule has 1 saturated heterocycles. The van der Waals surface area contributed by atoms with Crippen molar-refractivity contribution in [2.75, 3.05) is 26.2 Å². The Kier molecular flexibility index (Phi) is 7.87. The van der Waals surface area contributed by atoms with Crippen molar-refractivity contribution in [3.63, 3.8) is 0 Å². The van der Waals surface area contributed by atoms with Gasteiger partial charge < -0.3 is 19.0 Å². The van der Waals surface area contributed by atoms with Gasteiger partial charge in [-0.3, -0.25) is 24.5 Å². The number of hydrogen-bond acceptors (Lipinski definition) is 8. The predicted molar refractivity (Wildman–Crippen MR) is 134 cm³/mol. The molecule has 196 valence electrons. The summed E-state index contributed by atoms with van der Waals surface area (Å²) in [6, 6.07) is 12.6. The van der Waals surface area contributed by atoms with Gasteiger partial charge in [-0.1, -0.05) is 29.8 Å². The van der Waals surface area contributed by atoms with Crippen molar-refractivity contribution >= 4 is 40.9 Å². The number of amides is 2. The minimum Gasteiger partial charge on any atom is -0.459 e. The van der Waals surface area contributed by atoms with E-state index in [0.29, 0.717) is 0 Å². The maximum Gasteiger partial charge on any atom is 0.339 e. The van der Waals surface area contributed by atoms with Crippen LogP contribution in [-0.4, -0.2) is 70.6 Å². The van der Waals surface area contributed by atoms with Crippen LogP contribution < -0.4 is 0 Å². The first kappa shape index (κ1) is 26.6. The van der Waals surface area contributed by atoms with Gasteiger partial charge in [0, 0.05) is 43.4 Å². The molecule has 2 amide bonds. The third kappa shape index (κ3) is 5.57. The smallest absolute Gasteiger partial charge is 0.339 e. The molecule has 1 aliphatic rings. The summed E-state index contributed by atoms with van der Waals surface area (Å²) >= 11 is 5.83. The van der Waals surface area contributed by atoms with Gasteiger partial charge in [0.2, 0.25) is 0 Å². The van der Waals surface area contributed by atoms with Crippen LogP contribution in [0.5, 0.6) is 0 Å². The molecule has 2 aromatic carbocycles. The van der Waals surface area contributed by atoms with Gasteiger partial charge in [-0.2, -0.15) is 0 Å². The summed E-state index contributed by atoms with van der Waals surface area (Å²) in [5.41, 5.74) is -0.613. The van der Waals surface area contributed by atoms with Gasteiger partial charge in [0.25, 0.3) is 17.5 Å². The minimum atomic E-state index is -1.16. The lowest BCUT2D eigenvalue weighted by Crippen LogP contribution is -2.53. The molecule has 0 N–H and O–H groups in total. The van der Waals surface area contributed by atoms with E-state index in [0.717, 1.165) is 6.07 Å². The van der Waals surface area contributed by atoms with E-state index < -0.39 is 34.4 Å². The molecule has 0 saturated carbocycles. The van der Waals surface area contributed by atoms with E-state index >= 15 is 0 Å². The molecule has 4 rings (SSSR count). The van der Waals surface area contributed by atoms with Crippen molar-refractivity contribution in [2.24, 2.45) is 0 Å². The van der Waals surface area contributed by atoms with Crippen LogP contribution in [0.3, 0.4) is 0 Å². The van der Waals surface area contributed by atoms with E-state index in [-0.39, 0.29) is 59.6 Å². The summed E-state index contributed by atoms with van der Waals surface area (Å²) in [5, 5.41) is 11.1. The van der Waals surface area contributed by atoms with Crippen LogP contribution >= 0.6 is 11.6 Å². The highest BCUT2D eigenvalue weighted by atomic mass is 35.5. The van der Waals surface area contributed by atoms with Gasteiger partial charge in [-0.15, -0.1) is 0 Å². The molecule has 3 aromatic rings. The van der Waals surface area contributed by atoms with Gasteiger partial charge in [0.15, 0.2) is 17.6 Å². The SMILES string of the molecule is CC(OC(=O)c1ccccc1C(=O)c1ccc(Cl)c([N+](=O)[O-])c1)C(=O)N1CCN(C(=O)c2ccco2)CC1. The summed E-state index contributed by atoms with van der Waals surface area (Å²) in [7, 11) is 0. The lowest BCUT2D eigenvalue weighted by Gasteiger charge is -2.35. The van der Waals surface area contributed by atoms with Crippen LogP contribution in [0.2, 0.25) is 5.02 Å². The number of hydrogen-bond donors (Lipinski definition) is 0. The number of nitrogens with zero attached hydrogens (tertiary/aromatic N) is 3. The molecule has 38 heavy (non-hydrogen) atoms. The molecule has 0 radical (unpaired) electrons. The zero-order chi connectivity index (χ0) is 27.4. The summed E-state index contributed by atoms with van der Waals surface area (Å²) in [6.07, 6.45) is 0.253. The van der Waals surface area contributed by atoms with Gasteiger partial charge in [0.1, 0.15) is 5.02 Å². The molecule has 0 aliphatic carbocycles. The van der Waals surface area contributed by atoms with Gasteiger partial charge in [0.05, 0.1) is 16.7 Å². The molecule has 1 atom stereocenters. The molecule has 12 heteroatoms. The maximum absolute atomic E-state index is 13.1. The van der Waals surface area contributed by atoms with Crippen molar-refractivity contribution in [1.82, 2.24) is 9.80 Å². The number of halogens is 1. The molecule has 0 spiro atoms. The van der Waals surface area contributed by atoms with E-state index in [9.17, 15) is 29.3 Å². The van der Waals surface area contributed by atoms with Crippen molar-refractivity contribution in [3.8, 4) is 0 Å². The molecular weight excluding hydrogens is 518 g/mol. The van der Waals surface area contributed by atoms with Crippen molar-refractivity contribution in [2.45, 2.75) is 13.0 Å². The van der Waals surface area contributed by atoms with E-state index in [1.165, 1.54) is 54.5 Å². The summed E-state index contributed by atoms with van der Waals surface area (Å²) in [4.78, 5) is 65.0. The second-order valence-electron chi connectivity index (χ2n) is 8.44. The zero-order valence-corrected chi connectivity index (χ0v) is 20.9. The van der Waals surface area contributed by atoms with E-state index in [4.69, 9.17) is 20.8 Å². The Morgan fingerprint density at radius 1 is 0.974 bits per heavy atom. The normalized spacial score (nSPS) is 14.1. The Morgan fingerprint density at radius 3 is 2.26 bits per heavy atom. The summed E-state index contributed by atoms with van der Waals surface area (Å²) in [6.45, 7) is 2.50. The quantitative estimate of drug-likeness (QED) is 0.192. The van der Waals surface area contributed by atoms with Crippen LogP contribution in [0.25, 0.3) is 0 Å². The number of furan rings is 1. The second kappa shape index (κ2) is 11.3. The summed E-state index contributed by atoms with van der Waals surface area (Å²) in [5.74, 6) is -2.04. The Bertz CT molecular complexity index is 1400. The fourth-order valence-electron chi connectivity index (χ4n) is 4.03. The third-order valence-electron chi connectivity index (χ3n) is 6.04. The first-order valence-corrected chi connectivity index (χ1v) is 12.0. The lowest BCUT2D eigenvalue weighted by molar-refractivity contribution is -0.384. The fourth-order valence-corrected chi connectivity index (χ4v) is 4.21. The van der Waals surface area contributed by atoms with Gasteiger partial charge >= 0.3 is 5.97 Å². The molecular formula is C26H22ClN3O8. The largest absolute Gasteiger partial charge is 0.459 e. The Hall–Kier alpha value is -4.51. The number of benzene rings is 2. The number of rotatable bonds is 7. The van der Waals surface area contributed by atoms with Crippen LogP contribution in [0.4, 0.5) is 5.69 Å². The third-order valence-corrected chi connectivity index (χ3v) is 6.36. The zero-order valence-electron chi connectivity index (χ0n) is 20.2. The molecule has 0 bridgehead atoms. The minimum absolute atomic E-state index is 0.0348. The second-order valence-corrected chi connectivity index (χ2v) is 8.85. The highest BCUT2D eigenvalue weighted by Gasteiger charge is 2.31. The fraction of sp³-hybridized carbons (Fsp3) is 0.231. The molecule has 1 aromatic heterocycles. The average molecular weight is 540 g/mol. The van der Waals surface area contributed by atoms with E-state index in [2.05, 4.69) is 0 Å². The number of esters is 1. The van der Waals surface area contributed by atoms with E-state index in [1.807, 2.05) is 0 Å². The predicted octanol–water partition coefficient (Wildman–Crippen LogP) is 3.60. The van der Waals surface area contributed by atoms with Gasteiger partial charge in [-0.25, -0.2) is 4.79 Å². The van der Waals surface area contributed by atoms with Crippen molar-refractivity contribution < 1.29 is 33.3 Å². The average Bonchev–Trinajstić information content (AvgIpc) is 3.47. The monoisotopic (exact) mass is 539 g/mol. The van der Waals surface area contributed by atoms with Crippen LogP contribution in [0, 0.1) is 10.1 Å². The van der Waals surface area contributed by atoms with Crippen LogP contribution in [0.15, 0.2) is 65.3 Å². The number of carbonyl (C=O) groups excluding carboxylic acids is 4. The standard InChI is InChI=1S/C26H22ClN3O8/c1-16(24(32)28-10-12-29(13-11-28)25(33)22-7-4-14-37-22)38-26(34)19-6-3-2-5-18(19)23(31)17-8-9-20(27)21(15-17)30(35)36/h2-9,14-16H,10-13H2,1H3. The molecule has 1 fully saturated rings. The molecule has 2 heterocycles. The van der Waals surface area contributed by atoms with Crippen molar-refractivity contribution in [3.05, 3.63) is 98.4 Å². The number of ether oxygens (including phenoxy) is 1. The number of piperazine rings is 1. The number of nitro groups is 1. The first-order valence-electron chi connectivity index (χ1n) is 11.6.